The number of aryl methyl sites for hydroxylation is 1. The summed E-state index contributed by atoms with van der Waals surface area (Å²) in [6.45, 7) is 1.79. The molecule has 0 aromatic heterocycles. The third-order valence-electron chi connectivity index (χ3n) is 1.85. The summed E-state index contributed by atoms with van der Waals surface area (Å²) in [5.41, 5.74) is 9.91. The van der Waals surface area contributed by atoms with E-state index in [0.29, 0.717) is 11.3 Å². The zero-order chi connectivity index (χ0) is 10.6. The Balaban J connectivity index is 3.34. The fraction of sp³-hybridized carbons (Fsp3) is 0.222. The van der Waals surface area contributed by atoms with E-state index in [2.05, 4.69) is 15.3 Å². The van der Waals surface area contributed by atoms with Gasteiger partial charge in [0.05, 0.1) is 5.69 Å². The van der Waals surface area contributed by atoms with Gasteiger partial charge in [-0.25, -0.2) is 0 Å². The molecule has 0 heterocycles. The van der Waals surface area contributed by atoms with Gasteiger partial charge >= 0.3 is 0 Å². The molecule has 1 aromatic rings. The van der Waals surface area contributed by atoms with Gasteiger partial charge in [-0.3, -0.25) is 4.79 Å². The number of hydrogen-bond donors (Lipinski definition) is 1. The molecule has 0 spiro atoms. The standard InChI is InChI=1S/C9H10N4O/c1-6-4-3-5-7(9(14)11-2)8(6)12-13-10/h3-5H,1-2H3,(H,11,14). The normalized spacial score (nSPS) is 9.00. The minimum Gasteiger partial charge on any atom is -0.355 e. The SMILES string of the molecule is CNC(=O)c1cccc(C)c1N=[N+]=[N-]. The van der Waals surface area contributed by atoms with Gasteiger partial charge in [0.15, 0.2) is 0 Å². The van der Waals surface area contributed by atoms with Gasteiger partial charge in [-0.05, 0) is 24.1 Å². The van der Waals surface area contributed by atoms with E-state index in [1.54, 1.807) is 25.1 Å². The lowest BCUT2D eigenvalue weighted by Gasteiger charge is -2.05. The zero-order valence-electron chi connectivity index (χ0n) is 7.98. The first-order valence-corrected chi connectivity index (χ1v) is 4.07. The quantitative estimate of drug-likeness (QED) is 0.433. The zero-order valence-corrected chi connectivity index (χ0v) is 7.98. The van der Waals surface area contributed by atoms with Gasteiger partial charge in [-0.2, -0.15) is 0 Å². The Kier molecular flexibility index (Phi) is 3.09. The predicted molar refractivity (Wildman–Crippen MR) is 53.4 cm³/mol. The van der Waals surface area contributed by atoms with E-state index >= 15 is 0 Å². The summed E-state index contributed by atoms with van der Waals surface area (Å²) in [7, 11) is 1.53. The molecule has 0 atom stereocenters. The number of azide groups is 1. The molecule has 0 fully saturated rings. The van der Waals surface area contributed by atoms with Crippen LogP contribution in [0.3, 0.4) is 0 Å². The molecule has 5 heteroatoms. The van der Waals surface area contributed by atoms with Gasteiger partial charge in [-0.1, -0.05) is 17.2 Å². The van der Waals surface area contributed by atoms with Crippen LogP contribution in [0.15, 0.2) is 23.3 Å². The second-order valence-electron chi connectivity index (χ2n) is 2.74. The molecule has 1 rings (SSSR count). The van der Waals surface area contributed by atoms with Gasteiger partial charge in [0.25, 0.3) is 5.91 Å². The molecule has 0 bridgehead atoms. The Morgan fingerprint density at radius 2 is 2.29 bits per heavy atom. The molecule has 0 unspecified atom stereocenters. The highest BCUT2D eigenvalue weighted by atomic mass is 16.1. The van der Waals surface area contributed by atoms with E-state index in [9.17, 15) is 4.79 Å². The lowest BCUT2D eigenvalue weighted by atomic mass is 10.1. The second kappa shape index (κ2) is 4.30. The van der Waals surface area contributed by atoms with E-state index in [-0.39, 0.29) is 5.91 Å². The number of nitrogens with one attached hydrogen (secondary N) is 1. The maximum absolute atomic E-state index is 11.4. The van der Waals surface area contributed by atoms with Crippen molar-refractivity contribution in [2.45, 2.75) is 6.92 Å². The molecule has 1 amide bonds. The number of nitrogens with zero attached hydrogens (tertiary/aromatic N) is 3. The summed E-state index contributed by atoms with van der Waals surface area (Å²) in [6, 6.07) is 5.16. The molecular formula is C9H10N4O. The van der Waals surface area contributed by atoms with Crippen LogP contribution in [0, 0.1) is 6.92 Å². The van der Waals surface area contributed by atoms with Crippen molar-refractivity contribution >= 4 is 11.6 Å². The maximum atomic E-state index is 11.4. The summed E-state index contributed by atoms with van der Waals surface area (Å²) in [5.74, 6) is -0.254. The number of amides is 1. The van der Waals surface area contributed by atoms with Crippen molar-refractivity contribution < 1.29 is 4.79 Å². The first-order valence-electron chi connectivity index (χ1n) is 4.07. The van der Waals surface area contributed by atoms with Crippen LogP contribution in [0.1, 0.15) is 15.9 Å². The molecular weight excluding hydrogens is 180 g/mol. The van der Waals surface area contributed by atoms with Gasteiger partial charge in [0, 0.05) is 17.5 Å². The van der Waals surface area contributed by atoms with E-state index in [0.717, 1.165) is 5.56 Å². The minimum absolute atomic E-state index is 0.254. The molecule has 72 valence electrons. The maximum Gasteiger partial charge on any atom is 0.251 e. The lowest BCUT2D eigenvalue weighted by Crippen LogP contribution is -2.17. The summed E-state index contributed by atoms with van der Waals surface area (Å²) >= 11 is 0. The minimum atomic E-state index is -0.254. The van der Waals surface area contributed by atoms with Crippen LogP contribution in [-0.2, 0) is 0 Å². The fourth-order valence-electron chi connectivity index (χ4n) is 1.15. The van der Waals surface area contributed by atoms with Crippen molar-refractivity contribution in [2.24, 2.45) is 5.11 Å². The Hall–Kier alpha value is -2.00. The van der Waals surface area contributed by atoms with Gasteiger partial charge < -0.3 is 5.32 Å². The van der Waals surface area contributed by atoms with Crippen molar-refractivity contribution in [3.63, 3.8) is 0 Å². The van der Waals surface area contributed by atoms with E-state index in [4.69, 9.17) is 5.53 Å². The second-order valence-corrected chi connectivity index (χ2v) is 2.74. The highest BCUT2D eigenvalue weighted by Gasteiger charge is 2.09. The number of benzene rings is 1. The third-order valence-corrected chi connectivity index (χ3v) is 1.85. The topological polar surface area (TPSA) is 77.9 Å². The molecule has 0 aliphatic rings. The molecule has 5 nitrogen and oxygen atoms in total. The molecule has 0 saturated heterocycles. The first-order chi connectivity index (χ1) is 6.70. The molecule has 0 aliphatic carbocycles. The van der Waals surface area contributed by atoms with Crippen molar-refractivity contribution in [3.05, 3.63) is 39.8 Å². The molecule has 1 aromatic carbocycles. The first kappa shape index (κ1) is 10.1. The van der Waals surface area contributed by atoms with Crippen LogP contribution < -0.4 is 5.32 Å². The van der Waals surface area contributed by atoms with Crippen LogP contribution in [0.2, 0.25) is 0 Å². The van der Waals surface area contributed by atoms with Crippen LogP contribution >= 0.6 is 0 Å². The third kappa shape index (κ3) is 1.84. The van der Waals surface area contributed by atoms with Crippen molar-refractivity contribution in [2.75, 3.05) is 7.05 Å². The largest absolute Gasteiger partial charge is 0.355 e. The average molecular weight is 190 g/mol. The Morgan fingerprint density at radius 1 is 1.57 bits per heavy atom. The van der Waals surface area contributed by atoms with Crippen LogP contribution in [0.4, 0.5) is 5.69 Å². The van der Waals surface area contributed by atoms with Gasteiger partial charge in [0.2, 0.25) is 0 Å². The van der Waals surface area contributed by atoms with Crippen molar-refractivity contribution in [1.29, 1.82) is 0 Å². The highest BCUT2D eigenvalue weighted by molar-refractivity contribution is 5.99. The average Bonchev–Trinajstić information content (AvgIpc) is 2.20. The van der Waals surface area contributed by atoms with E-state index < -0.39 is 0 Å². The Bertz CT molecular complexity index is 407. The summed E-state index contributed by atoms with van der Waals surface area (Å²) in [4.78, 5) is 14.1. The lowest BCUT2D eigenvalue weighted by molar-refractivity contribution is 0.0963. The smallest absolute Gasteiger partial charge is 0.251 e. The van der Waals surface area contributed by atoms with Crippen molar-refractivity contribution in [3.8, 4) is 0 Å². The predicted octanol–water partition coefficient (Wildman–Crippen LogP) is 2.30. The Morgan fingerprint density at radius 3 is 2.86 bits per heavy atom. The van der Waals surface area contributed by atoms with Crippen LogP contribution in [0.25, 0.3) is 10.4 Å². The molecule has 14 heavy (non-hydrogen) atoms. The fourth-order valence-corrected chi connectivity index (χ4v) is 1.15. The molecule has 1 N–H and O–H groups in total. The summed E-state index contributed by atoms with van der Waals surface area (Å²) in [6.07, 6.45) is 0. The number of carbonyl (C=O) groups excluding carboxylic acids is 1. The van der Waals surface area contributed by atoms with Crippen LogP contribution in [0.5, 0.6) is 0 Å². The Labute approximate surface area is 81.4 Å². The number of rotatable bonds is 2. The molecule has 0 aliphatic heterocycles. The summed E-state index contributed by atoms with van der Waals surface area (Å²) in [5, 5.41) is 5.98. The number of hydrogen-bond acceptors (Lipinski definition) is 2. The highest BCUT2D eigenvalue weighted by Crippen LogP contribution is 2.23. The monoisotopic (exact) mass is 190 g/mol. The molecule has 0 radical (unpaired) electrons. The van der Waals surface area contributed by atoms with Crippen LogP contribution in [-0.4, -0.2) is 13.0 Å². The summed E-state index contributed by atoms with van der Waals surface area (Å²) < 4.78 is 0. The number of carbonyl (C=O) groups is 1. The van der Waals surface area contributed by atoms with E-state index in [1.165, 1.54) is 7.05 Å². The van der Waals surface area contributed by atoms with Gasteiger partial charge in [-0.15, -0.1) is 0 Å². The van der Waals surface area contributed by atoms with E-state index in [1.807, 2.05) is 0 Å². The van der Waals surface area contributed by atoms with Gasteiger partial charge in [0.1, 0.15) is 0 Å². The molecule has 0 saturated carbocycles. The van der Waals surface area contributed by atoms with Crippen molar-refractivity contribution in [1.82, 2.24) is 5.32 Å².